The molecule has 1 saturated heterocycles. The molecule has 1 aliphatic heterocycles. The highest BCUT2D eigenvalue weighted by atomic mass is 31.2. The van der Waals surface area contributed by atoms with E-state index in [1.807, 2.05) is 0 Å². The molecule has 0 spiro atoms. The van der Waals surface area contributed by atoms with E-state index < -0.39 is 51.0 Å². The number of phosphoric ester groups is 1. The van der Waals surface area contributed by atoms with Crippen LogP contribution in [0.15, 0.2) is 175 Å². The summed E-state index contributed by atoms with van der Waals surface area (Å²) in [6.45, 7) is 38.8. The minimum absolute atomic E-state index is 0.0519. The number of carbonyl (C=O) groups is 1. The molecule has 7 atom stereocenters. The largest absolute Gasteiger partial charge is 0.474 e. The summed E-state index contributed by atoms with van der Waals surface area (Å²) < 4.78 is 28.5. The topological polar surface area (TPSA) is 155 Å². The molecule has 5 N–H and O–H groups in total. The number of allylic oxidation sites excluding steroid dienone is 30. The van der Waals surface area contributed by atoms with Gasteiger partial charge in [0.25, 0.3) is 0 Å². The van der Waals surface area contributed by atoms with Crippen LogP contribution in [-0.4, -0.2) is 70.0 Å². The van der Waals surface area contributed by atoms with Gasteiger partial charge in [-0.2, -0.15) is 0 Å². The second-order valence-corrected chi connectivity index (χ2v) is 31.2. The zero-order chi connectivity index (χ0) is 74.0. The number of aliphatic hydroxyl groups excluding tert-OH is 3. The maximum absolute atomic E-state index is 12.7. The Morgan fingerprint density at radius 3 is 0.838 bits per heavy atom. The quantitative estimate of drug-likeness (QED) is 0.0296. The van der Waals surface area contributed by atoms with Gasteiger partial charge in [0.1, 0.15) is 24.4 Å². The molecular weight excluding hydrogens is 1250 g/mol. The first-order chi connectivity index (χ1) is 47.0. The molecule has 1 rings (SSSR count). The molecule has 10 nitrogen and oxygen atoms in total. The van der Waals surface area contributed by atoms with Crippen molar-refractivity contribution in [2.45, 2.75) is 354 Å². The van der Waals surface area contributed by atoms with Crippen molar-refractivity contribution in [1.82, 2.24) is 5.32 Å². The summed E-state index contributed by atoms with van der Waals surface area (Å²) >= 11 is 0. The van der Waals surface area contributed by atoms with Gasteiger partial charge in [0.2, 0.25) is 5.91 Å². The number of hydrogen-bond acceptors (Lipinski definition) is 8. The predicted molar refractivity (Wildman–Crippen MR) is 427 cm³/mol. The summed E-state index contributed by atoms with van der Waals surface area (Å²) in [5.41, 5.74) is 22.3. The normalized spacial score (nSPS) is 20.0. The monoisotopic (exact) mass is 1390 g/mol. The van der Waals surface area contributed by atoms with E-state index in [9.17, 15) is 29.6 Å². The van der Waals surface area contributed by atoms with Crippen LogP contribution in [0.1, 0.15) is 324 Å². The molecule has 1 aliphatic rings. The molecule has 0 aliphatic carbocycles. The smallest absolute Gasteiger partial charge is 0.394 e. The van der Waals surface area contributed by atoms with Crippen LogP contribution in [0.3, 0.4) is 0 Å². The molecule has 0 aromatic heterocycles. The average molecular weight is 1390 g/mol. The lowest BCUT2D eigenvalue weighted by atomic mass is 9.97. The van der Waals surface area contributed by atoms with E-state index in [0.717, 1.165) is 173 Å². The van der Waals surface area contributed by atoms with E-state index in [2.05, 4.69) is 214 Å². The van der Waals surface area contributed by atoms with Gasteiger partial charge in [-0.05, 0) is 316 Å². The van der Waals surface area contributed by atoms with E-state index in [-0.39, 0.29) is 12.5 Å². The Morgan fingerprint density at radius 1 is 0.384 bits per heavy atom. The predicted octanol–water partition coefficient (Wildman–Crippen LogP) is 25.0. The lowest BCUT2D eigenvalue weighted by Gasteiger charge is -2.42. The minimum atomic E-state index is -4.67. The van der Waals surface area contributed by atoms with Crippen LogP contribution < -0.4 is 5.32 Å². The molecule has 1 fully saturated rings. The maximum atomic E-state index is 12.7. The molecule has 0 bridgehead atoms. The summed E-state index contributed by atoms with van der Waals surface area (Å²) in [7, 11) is -4.67. The van der Waals surface area contributed by atoms with Gasteiger partial charge in [-0.1, -0.05) is 182 Å². The van der Waals surface area contributed by atoms with E-state index in [1.165, 1.54) is 110 Å². The van der Waals surface area contributed by atoms with Gasteiger partial charge in [0.05, 0.1) is 13.2 Å². The van der Waals surface area contributed by atoms with Crippen LogP contribution in [0.4, 0.5) is 0 Å². The van der Waals surface area contributed by atoms with Crippen molar-refractivity contribution >= 4 is 13.7 Å². The highest BCUT2D eigenvalue weighted by Gasteiger charge is 2.48. The molecule has 562 valence electrons. The Hall–Kier alpha value is -4.48. The van der Waals surface area contributed by atoms with Gasteiger partial charge >= 0.3 is 7.82 Å². The molecule has 0 saturated carbocycles. The number of ether oxygens (including phenoxy) is 1. The molecule has 0 aromatic carbocycles. The van der Waals surface area contributed by atoms with Crippen molar-refractivity contribution in [3.63, 3.8) is 0 Å². The van der Waals surface area contributed by atoms with Crippen LogP contribution in [0, 0.1) is 5.92 Å². The van der Waals surface area contributed by atoms with Crippen molar-refractivity contribution < 1.29 is 43.4 Å². The van der Waals surface area contributed by atoms with Gasteiger partial charge in [-0.3, -0.25) is 13.8 Å². The maximum Gasteiger partial charge on any atom is 0.474 e. The number of rotatable bonds is 53. The van der Waals surface area contributed by atoms with E-state index in [4.69, 9.17) is 13.8 Å². The summed E-state index contributed by atoms with van der Waals surface area (Å²) in [6.07, 6.45) is 64.2. The Balaban J connectivity index is 2.25. The fourth-order valence-corrected chi connectivity index (χ4v) is 12.8. The molecule has 1 amide bonds. The molecular formula is C88H146NO9P. The highest BCUT2D eigenvalue weighted by Crippen LogP contribution is 2.47. The molecule has 99 heavy (non-hydrogen) atoms. The fourth-order valence-electron chi connectivity index (χ4n) is 12.0. The van der Waals surface area contributed by atoms with Crippen LogP contribution in [0.5, 0.6) is 0 Å². The Kier molecular flexibility index (Phi) is 52.4. The number of hydrogen-bond donors (Lipinski definition) is 5. The Bertz CT molecular complexity index is 2850. The summed E-state index contributed by atoms with van der Waals surface area (Å²) in [5, 5.41) is 32.5. The lowest BCUT2D eigenvalue weighted by Crippen LogP contribution is -2.64. The summed E-state index contributed by atoms with van der Waals surface area (Å²) in [6, 6.07) is -1.35. The molecule has 2 unspecified atom stereocenters. The summed E-state index contributed by atoms with van der Waals surface area (Å²) in [5.74, 6) is -0.358. The van der Waals surface area contributed by atoms with Gasteiger partial charge in [0, 0.05) is 6.92 Å². The highest BCUT2D eigenvalue weighted by molar-refractivity contribution is 7.47. The molecule has 0 radical (unpaired) electrons. The molecule has 11 heteroatoms. The zero-order valence-corrected chi connectivity index (χ0v) is 67.1. The van der Waals surface area contributed by atoms with Crippen LogP contribution in [0.25, 0.3) is 0 Å². The molecule has 0 aromatic rings. The van der Waals surface area contributed by atoms with E-state index >= 15 is 0 Å². The Morgan fingerprint density at radius 2 is 0.616 bits per heavy atom. The average Bonchev–Trinajstić information content (AvgIpc) is 0.799. The standard InChI is InChI=1S/C88H146NO9P/c1-67(2)34-19-35-68(3)36-20-37-69(4)38-21-39-70(5)40-22-41-71(6)42-23-43-72(7)44-24-45-73(8)46-25-47-74(9)48-26-49-75(10)50-27-51-76(11)52-28-53-77(12)54-29-55-78(13)56-30-57-79(14)58-31-59-80(15)60-32-61-81(16)62-33-63-82(17)64-65-96-99(94,95)98-88-85(89-83(18)91)87(93)86(92)84(66-90)97-88/h34,36,38,40,42,44,46,48,50,52,54,56,58,60,62,82,84-88,90,92-93H,19-33,35,37,39,41,43,45,47,49,51,53,55,57,59,61,63-66H2,1-18H3,(H,89,91)(H,94,95)/b68-36+,69-38+,70-40-,71-42-,72-44-,73-46-,74-48-,75-50-,76-52-,77-54-,78-56-,79-58-,80-60-,81-62-/t82?,84-,85-,86-,87-,88-/m1/s1. The van der Waals surface area contributed by atoms with Crippen molar-refractivity contribution in [2.75, 3.05) is 13.2 Å². The number of nitrogens with one attached hydrogen (secondary N) is 1. The number of carbonyl (C=O) groups excluding carboxylic acids is 1. The van der Waals surface area contributed by atoms with Crippen LogP contribution in [-0.2, 0) is 23.1 Å². The van der Waals surface area contributed by atoms with Gasteiger partial charge in [-0.15, -0.1) is 0 Å². The first-order valence-electron chi connectivity index (χ1n) is 38.4. The summed E-state index contributed by atoms with van der Waals surface area (Å²) in [4.78, 5) is 22.0. The van der Waals surface area contributed by atoms with Gasteiger partial charge < -0.3 is 30.3 Å². The molecule has 1 heterocycles. The third-order valence-corrected chi connectivity index (χ3v) is 20.0. The van der Waals surface area contributed by atoms with Crippen molar-refractivity contribution in [2.24, 2.45) is 5.92 Å². The Labute approximate surface area is 607 Å². The first kappa shape index (κ1) is 92.5. The second-order valence-electron chi connectivity index (χ2n) is 29.8. The zero-order valence-electron chi connectivity index (χ0n) is 66.2. The van der Waals surface area contributed by atoms with Crippen LogP contribution >= 0.6 is 7.82 Å². The number of aliphatic hydroxyl groups is 3. The van der Waals surface area contributed by atoms with Gasteiger partial charge in [-0.25, -0.2) is 4.57 Å². The number of phosphoric acid groups is 1. The van der Waals surface area contributed by atoms with Gasteiger partial charge in [0.15, 0.2) is 6.29 Å². The first-order valence-corrected chi connectivity index (χ1v) is 39.9. The third kappa shape index (κ3) is 51.3. The second kappa shape index (κ2) is 56.0. The lowest BCUT2D eigenvalue weighted by molar-refractivity contribution is -0.248. The fraction of sp³-hybridized carbons (Fsp3) is 0.648. The van der Waals surface area contributed by atoms with Crippen molar-refractivity contribution in [1.29, 1.82) is 0 Å². The van der Waals surface area contributed by atoms with Crippen molar-refractivity contribution in [3.05, 3.63) is 175 Å². The minimum Gasteiger partial charge on any atom is -0.394 e. The van der Waals surface area contributed by atoms with Crippen LogP contribution in [0.2, 0.25) is 0 Å². The number of amides is 1. The van der Waals surface area contributed by atoms with Crippen molar-refractivity contribution in [3.8, 4) is 0 Å². The van der Waals surface area contributed by atoms with E-state index in [0.29, 0.717) is 6.42 Å². The third-order valence-electron chi connectivity index (χ3n) is 19.0. The SMILES string of the molecule is CC(=O)N[C@H]1[C@@H](OP(=O)(O)OCCC(C)CC/C=C(/C)CC/C=C(/C)CC/C=C(/C)CC/C=C(/C)CC/C=C(/C)CC/C=C(/C)CC/C=C(/C)CC/C=C(/C)CC/C=C(/C)CC/C=C(/C)CC/C=C(/C)CC/C=C(/C)CC/C=C(\C)CC/C=C(\C)CCC=C(C)C)O[C@H](CO)[C@@H](O)[C@@H]1O. The van der Waals surface area contributed by atoms with E-state index in [1.54, 1.807) is 0 Å².